The molecule has 0 fully saturated rings. The van der Waals surface area contributed by atoms with Gasteiger partial charge in [0.15, 0.2) is 5.82 Å². The van der Waals surface area contributed by atoms with Gasteiger partial charge in [0.2, 0.25) is 5.95 Å². The molecule has 1 heterocycles. The first-order valence-electron chi connectivity index (χ1n) is 2.92. The van der Waals surface area contributed by atoms with Crippen molar-refractivity contribution in [1.29, 1.82) is 0 Å². The molecule has 0 bridgehead atoms. The van der Waals surface area contributed by atoms with Crippen LogP contribution in [-0.2, 0) is 6.54 Å². The van der Waals surface area contributed by atoms with E-state index in [9.17, 15) is 14.9 Å². The second-order valence-corrected chi connectivity index (χ2v) is 1.95. The predicted octanol–water partition coefficient (Wildman–Crippen LogP) is -1.48. The monoisotopic (exact) mass is 171 g/mol. The number of hydrogen-bond acceptors (Lipinski definition) is 6. The van der Waals surface area contributed by atoms with Crippen LogP contribution in [0.2, 0.25) is 0 Å². The van der Waals surface area contributed by atoms with Gasteiger partial charge in [-0.2, -0.15) is 9.97 Å². The van der Waals surface area contributed by atoms with Crippen molar-refractivity contribution in [3.05, 3.63) is 26.4 Å². The fourth-order valence-corrected chi connectivity index (χ4v) is 0.644. The van der Waals surface area contributed by atoms with Crippen molar-refractivity contribution in [3.63, 3.8) is 0 Å². The van der Waals surface area contributed by atoms with E-state index in [0.29, 0.717) is 0 Å². The molecule has 8 heteroatoms. The van der Waals surface area contributed by atoms with Crippen LogP contribution < -0.4 is 11.4 Å². The van der Waals surface area contributed by atoms with Gasteiger partial charge in [-0.25, -0.2) is 4.79 Å². The molecule has 1 aromatic rings. The summed E-state index contributed by atoms with van der Waals surface area (Å²) in [6, 6.07) is 0. The van der Waals surface area contributed by atoms with Crippen molar-refractivity contribution in [3.8, 4) is 0 Å². The van der Waals surface area contributed by atoms with E-state index >= 15 is 0 Å². The van der Waals surface area contributed by atoms with Gasteiger partial charge in [0, 0.05) is 4.92 Å². The molecule has 0 saturated heterocycles. The molecule has 0 unspecified atom stereocenters. The van der Waals surface area contributed by atoms with Crippen LogP contribution in [0.25, 0.3) is 0 Å². The molecule has 12 heavy (non-hydrogen) atoms. The molecule has 0 amide bonds. The number of nitro groups is 1. The van der Waals surface area contributed by atoms with Crippen molar-refractivity contribution in [2.75, 3.05) is 5.73 Å². The first-order valence-corrected chi connectivity index (χ1v) is 2.92. The van der Waals surface area contributed by atoms with Crippen molar-refractivity contribution in [1.82, 2.24) is 15.0 Å². The van der Waals surface area contributed by atoms with Crippen LogP contribution in [0.3, 0.4) is 0 Å². The molecule has 1 aromatic heterocycles. The summed E-state index contributed by atoms with van der Waals surface area (Å²) in [4.78, 5) is 28.6. The zero-order valence-corrected chi connectivity index (χ0v) is 5.85. The van der Waals surface area contributed by atoms with Gasteiger partial charge in [-0.1, -0.05) is 0 Å². The van der Waals surface area contributed by atoms with Crippen molar-refractivity contribution >= 4 is 5.95 Å². The summed E-state index contributed by atoms with van der Waals surface area (Å²) in [7, 11) is 0. The number of rotatable bonds is 2. The third kappa shape index (κ3) is 2.01. The average Bonchev–Trinajstić information content (AvgIpc) is 1.81. The summed E-state index contributed by atoms with van der Waals surface area (Å²) in [5, 5.41) is 9.97. The first-order chi connectivity index (χ1) is 5.58. The number of nitrogens with zero attached hydrogens (tertiary/aromatic N) is 3. The Morgan fingerprint density at radius 3 is 2.75 bits per heavy atom. The van der Waals surface area contributed by atoms with Crippen LogP contribution in [-0.4, -0.2) is 19.9 Å². The first kappa shape index (κ1) is 8.11. The number of anilines is 1. The van der Waals surface area contributed by atoms with Crippen molar-refractivity contribution in [2.24, 2.45) is 0 Å². The SMILES string of the molecule is Nc1nc(C[N+](=O)[O-])[nH]c(=O)n1. The Balaban J connectivity index is 3.01. The van der Waals surface area contributed by atoms with E-state index in [-0.39, 0.29) is 11.8 Å². The van der Waals surface area contributed by atoms with E-state index in [4.69, 9.17) is 5.73 Å². The molecule has 0 aliphatic heterocycles. The normalized spacial score (nSPS) is 9.67. The van der Waals surface area contributed by atoms with E-state index in [1.807, 2.05) is 0 Å². The Labute approximate surface area is 65.6 Å². The maximum absolute atomic E-state index is 10.6. The molecule has 0 radical (unpaired) electrons. The molecular weight excluding hydrogens is 166 g/mol. The molecule has 0 spiro atoms. The van der Waals surface area contributed by atoms with Crippen molar-refractivity contribution in [2.45, 2.75) is 6.54 Å². The topological polar surface area (TPSA) is 128 Å². The van der Waals surface area contributed by atoms with Crippen LogP contribution in [0.1, 0.15) is 5.82 Å². The van der Waals surface area contributed by atoms with E-state index in [1.165, 1.54) is 0 Å². The highest BCUT2D eigenvalue weighted by molar-refractivity contribution is 5.12. The Bertz CT molecular complexity index is 358. The molecule has 1 rings (SSSR count). The average molecular weight is 171 g/mol. The molecule has 64 valence electrons. The standard InChI is InChI=1S/C4H5N5O3/c5-3-6-2(1-9(11)12)7-4(10)8-3/h1H2,(H3,5,6,7,8,10). The quantitative estimate of drug-likeness (QED) is 0.412. The lowest BCUT2D eigenvalue weighted by molar-refractivity contribution is -0.498. The van der Waals surface area contributed by atoms with Gasteiger partial charge in [0.25, 0.3) is 6.54 Å². The molecule has 0 aromatic carbocycles. The van der Waals surface area contributed by atoms with Gasteiger partial charge in [0.05, 0.1) is 0 Å². The van der Waals surface area contributed by atoms with Crippen LogP contribution in [0.4, 0.5) is 5.95 Å². The minimum atomic E-state index is -0.737. The third-order valence-electron chi connectivity index (χ3n) is 0.996. The number of aromatic nitrogens is 3. The molecule has 8 nitrogen and oxygen atoms in total. The second kappa shape index (κ2) is 2.95. The van der Waals surface area contributed by atoms with Gasteiger partial charge in [-0.3, -0.25) is 15.1 Å². The highest BCUT2D eigenvalue weighted by atomic mass is 16.6. The second-order valence-electron chi connectivity index (χ2n) is 1.95. The Morgan fingerprint density at radius 2 is 2.25 bits per heavy atom. The largest absolute Gasteiger partial charge is 0.368 e. The lowest BCUT2D eigenvalue weighted by Crippen LogP contribution is -2.19. The summed E-state index contributed by atoms with van der Waals surface area (Å²) in [5.41, 5.74) is 4.33. The summed E-state index contributed by atoms with van der Waals surface area (Å²) in [6.07, 6.45) is 0. The summed E-state index contributed by atoms with van der Waals surface area (Å²) in [5.74, 6) is -0.367. The minimum Gasteiger partial charge on any atom is -0.368 e. The molecule has 3 N–H and O–H groups in total. The van der Waals surface area contributed by atoms with Gasteiger partial charge in [-0.15, -0.1) is 0 Å². The van der Waals surface area contributed by atoms with Crippen molar-refractivity contribution < 1.29 is 4.92 Å². The van der Waals surface area contributed by atoms with Gasteiger partial charge < -0.3 is 5.73 Å². The van der Waals surface area contributed by atoms with E-state index < -0.39 is 17.2 Å². The molecule has 0 aliphatic carbocycles. The molecule has 0 aliphatic rings. The summed E-state index contributed by atoms with van der Waals surface area (Å²) >= 11 is 0. The Kier molecular flexibility index (Phi) is 1.99. The van der Waals surface area contributed by atoms with E-state index in [1.54, 1.807) is 0 Å². The lowest BCUT2D eigenvalue weighted by atomic mass is 10.6. The number of nitrogens with one attached hydrogen (secondary N) is 1. The smallest absolute Gasteiger partial charge is 0.349 e. The van der Waals surface area contributed by atoms with Crippen LogP contribution >= 0.6 is 0 Å². The Morgan fingerprint density at radius 1 is 1.58 bits per heavy atom. The molecular formula is C4H5N5O3. The molecule has 0 atom stereocenters. The van der Waals surface area contributed by atoms with E-state index in [0.717, 1.165) is 0 Å². The predicted molar refractivity (Wildman–Crippen MR) is 37.8 cm³/mol. The minimum absolute atomic E-state index is 0.0995. The zero-order chi connectivity index (χ0) is 9.14. The number of hydrogen-bond donors (Lipinski definition) is 2. The number of nitrogens with two attached hydrogens (primary N) is 1. The number of H-pyrrole nitrogens is 1. The summed E-state index contributed by atoms with van der Waals surface area (Å²) < 4.78 is 0. The lowest BCUT2D eigenvalue weighted by Gasteiger charge is -1.93. The fourth-order valence-electron chi connectivity index (χ4n) is 0.644. The Hall–Kier alpha value is -1.99. The van der Waals surface area contributed by atoms with Gasteiger partial charge in [-0.05, 0) is 0 Å². The number of nitrogen functional groups attached to an aromatic ring is 1. The summed E-state index contributed by atoms with van der Waals surface area (Å²) in [6.45, 7) is -0.568. The maximum Gasteiger partial charge on any atom is 0.349 e. The number of aromatic amines is 1. The van der Waals surface area contributed by atoms with Crippen LogP contribution in [0, 0.1) is 10.1 Å². The van der Waals surface area contributed by atoms with Gasteiger partial charge in [0.1, 0.15) is 0 Å². The molecule has 0 saturated carbocycles. The highest BCUT2D eigenvalue weighted by Gasteiger charge is 2.05. The van der Waals surface area contributed by atoms with Gasteiger partial charge >= 0.3 is 5.69 Å². The highest BCUT2D eigenvalue weighted by Crippen LogP contribution is 1.89. The maximum atomic E-state index is 10.6. The van der Waals surface area contributed by atoms with E-state index in [2.05, 4.69) is 15.0 Å². The zero-order valence-electron chi connectivity index (χ0n) is 5.85. The van der Waals surface area contributed by atoms with Crippen LogP contribution in [0.15, 0.2) is 4.79 Å². The third-order valence-corrected chi connectivity index (χ3v) is 0.996. The van der Waals surface area contributed by atoms with Crippen LogP contribution in [0.5, 0.6) is 0 Å². The fraction of sp³-hybridized carbons (Fsp3) is 0.250.